The normalized spacial score (nSPS) is 13.5. The van der Waals surface area contributed by atoms with Crippen LogP contribution in [0.25, 0.3) is 0 Å². The molecule has 1 N–H and O–H groups in total. The van der Waals surface area contributed by atoms with E-state index in [1.54, 1.807) is 7.05 Å². The monoisotopic (exact) mass is 337 g/mol. The number of hydrogen-bond donors (Lipinski definition) is 1. The van der Waals surface area contributed by atoms with E-state index < -0.39 is 23.6 Å². The van der Waals surface area contributed by atoms with Gasteiger partial charge in [-0.05, 0) is 42.6 Å². The molecule has 0 amide bonds. The topological polar surface area (TPSA) is 12.0 Å². The number of rotatable bonds is 3. The summed E-state index contributed by atoms with van der Waals surface area (Å²) in [6, 6.07) is 2.46. The maximum absolute atomic E-state index is 13.7. The largest absolute Gasteiger partial charge is 0.419 e. The van der Waals surface area contributed by atoms with Crippen LogP contribution in [-0.2, 0) is 6.18 Å². The van der Waals surface area contributed by atoms with Gasteiger partial charge in [0.15, 0.2) is 0 Å². The maximum atomic E-state index is 13.7. The highest BCUT2D eigenvalue weighted by atomic mass is 35.5. The van der Waals surface area contributed by atoms with Gasteiger partial charge in [-0.2, -0.15) is 13.2 Å². The first-order valence-corrected chi connectivity index (χ1v) is 7.29. The summed E-state index contributed by atoms with van der Waals surface area (Å²) < 4.78 is 51.4. The molecular weight excluding hydrogens is 326 g/mol. The van der Waals surface area contributed by atoms with Gasteiger partial charge < -0.3 is 5.32 Å². The van der Waals surface area contributed by atoms with Gasteiger partial charge in [-0.1, -0.05) is 17.7 Å². The molecule has 0 radical (unpaired) electrons. The van der Waals surface area contributed by atoms with E-state index in [9.17, 15) is 17.6 Å². The first-order chi connectivity index (χ1) is 9.75. The molecule has 0 saturated carbocycles. The standard InChI is InChI=1S/C14H12ClF4NS/c1-7-6-21-13(11(7)15)12(20-2)8-3-4-9(10(16)5-8)14(17,18)19/h3-6,12,20H,1-2H3. The van der Waals surface area contributed by atoms with E-state index in [0.717, 1.165) is 22.6 Å². The molecule has 0 spiro atoms. The highest BCUT2D eigenvalue weighted by molar-refractivity contribution is 7.10. The molecule has 1 aromatic heterocycles. The van der Waals surface area contributed by atoms with Gasteiger partial charge in [-0.25, -0.2) is 4.39 Å². The number of hydrogen-bond acceptors (Lipinski definition) is 2. The van der Waals surface area contributed by atoms with Crippen molar-refractivity contribution in [2.45, 2.75) is 19.1 Å². The van der Waals surface area contributed by atoms with E-state index in [4.69, 9.17) is 11.6 Å². The van der Waals surface area contributed by atoms with Crippen molar-refractivity contribution in [2.24, 2.45) is 0 Å². The molecule has 21 heavy (non-hydrogen) atoms. The van der Waals surface area contributed by atoms with Crippen LogP contribution in [-0.4, -0.2) is 7.05 Å². The Morgan fingerprint density at radius 3 is 2.38 bits per heavy atom. The molecule has 1 heterocycles. The second-order valence-corrected chi connectivity index (χ2v) is 5.84. The molecule has 0 aliphatic heterocycles. The second-order valence-electron chi connectivity index (χ2n) is 4.56. The Labute approximate surface area is 128 Å². The lowest BCUT2D eigenvalue weighted by Gasteiger charge is -2.17. The number of halogens is 5. The number of aryl methyl sites for hydroxylation is 1. The van der Waals surface area contributed by atoms with Gasteiger partial charge in [0.25, 0.3) is 0 Å². The molecule has 0 saturated heterocycles. The van der Waals surface area contributed by atoms with Crippen molar-refractivity contribution >= 4 is 22.9 Å². The summed E-state index contributed by atoms with van der Waals surface area (Å²) in [7, 11) is 1.64. The molecule has 1 nitrogen and oxygen atoms in total. The molecule has 2 rings (SSSR count). The summed E-state index contributed by atoms with van der Waals surface area (Å²) in [4.78, 5) is 0.746. The Bertz CT molecular complexity index is 651. The molecule has 114 valence electrons. The van der Waals surface area contributed by atoms with Gasteiger partial charge in [0.1, 0.15) is 5.82 Å². The fraction of sp³-hybridized carbons (Fsp3) is 0.286. The van der Waals surface area contributed by atoms with Crippen LogP contribution >= 0.6 is 22.9 Å². The van der Waals surface area contributed by atoms with E-state index in [1.165, 1.54) is 17.4 Å². The van der Waals surface area contributed by atoms with Crippen molar-refractivity contribution in [3.8, 4) is 0 Å². The first-order valence-electron chi connectivity index (χ1n) is 6.03. The van der Waals surface area contributed by atoms with Gasteiger partial charge in [-0.3, -0.25) is 0 Å². The molecule has 1 unspecified atom stereocenters. The van der Waals surface area contributed by atoms with Crippen molar-refractivity contribution in [1.29, 1.82) is 0 Å². The van der Waals surface area contributed by atoms with Crippen LogP contribution in [0.2, 0.25) is 5.02 Å². The predicted molar refractivity (Wildman–Crippen MR) is 76.4 cm³/mol. The second kappa shape index (κ2) is 5.94. The molecule has 1 aromatic carbocycles. The lowest BCUT2D eigenvalue weighted by Crippen LogP contribution is -2.18. The van der Waals surface area contributed by atoms with Gasteiger partial charge in [0, 0.05) is 4.88 Å². The number of nitrogens with one attached hydrogen (secondary N) is 1. The average Bonchev–Trinajstić information content (AvgIpc) is 2.71. The third-order valence-corrected chi connectivity index (χ3v) is 4.89. The van der Waals surface area contributed by atoms with Crippen LogP contribution in [0.15, 0.2) is 23.6 Å². The van der Waals surface area contributed by atoms with Crippen LogP contribution in [0.1, 0.15) is 27.6 Å². The van der Waals surface area contributed by atoms with Crippen molar-refractivity contribution in [3.63, 3.8) is 0 Å². The molecular formula is C14H12ClF4NS. The predicted octanol–water partition coefficient (Wildman–Crippen LogP) is 5.18. The summed E-state index contributed by atoms with van der Waals surface area (Å²) in [5, 5.41) is 5.34. The van der Waals surface area contributed by atoms with Crippen LogP contribution < -0.4 is 5.32 Å². The highest BCUT2D eigenvalue weighted by Crippen LogP contribution is 2.37. The zero-order valence-electron chi connectivity index (χ0n) is 11.2. The molecule has 0 aliphatic carbocycles. The Balaban J connectivity index is 2.45. The lowest BCUT2D eigenvalue weighted by atomic mass is 10.0. The summed E-state index contributed by atoms with van der Waals surface area (Å²) in [6.45, 7) is 1.84. The van der Waals surface area contributed by atoms with E-state index in [2.05, 4.69) is 5.32 Å². The molecule has 2 aromatic rings. The Morgan fingerprint density at radius 2 is 1.95 bits per heavy atom. The van der Waals surface area contributed by atoms with Crippen molar-refractivity contribution in [3.05, 3.63) is 56.0 Å². The van der Waals surface area contributed by atoms with E-state index in [0.29, 0.717) is 10.6 Å². The molecule has 1 atom stereocenters. The summed E-state index contributed by atoms with van der Waals surface area (Å²) in [5.41, 5.74) is 0.00519. The SMILES string of the molecule is CNC(c1ccc(C(F)(F)F)c(F)c1)c1scc(C)c1Cl. The van der Waals surface area contributed by atoms with Crippen LogP contribution in [0, 0.1) is 12.7 Å². The summed E-state index contributed by atoms with van der Waals surface area (Å²) in [5.74, 6) is -1.29. The lowest BCUT2D eigenvalue weighted by molar-refractivity contribution is -0.140. The number of benzene rings is 1. The van der Waals surface area contributed by atoms with E-state index in [-0.39, 0.29) is 0 Å². The van der Waals surface area contributed by atoms with Crippen LogP contribution in [0.3, 0.4) is 0 Å². The van der Waals surface area contributed by atoms with Crippen LogP contribution in [0.4, 0.5) is 17.6 Å². The third kappa shape index (κ3) is 3.22. The molecule has 0 fully saturated rings. The molecule has 0 aliphatic rings. The summed E-state index contributed by atoms with van der Waals surface area (Å²) in [6.07, 6.45) is -4.70. The van der Waals surface area contributed by atoms with Crippen molar-refractivity contribution in [1.82, 2.24) is 5.32 Å². The average molecular weight is 338 g/mol. The quantitative estimate of drug-likeness (QED) is 0.761. The minimum absolute atomic E-state index is 0.395. The third-order valence-electron chi connectivity index (χ3n) is 3.11. The number of alkyl halides is 3. The van der Waals surface area contributed by atoms with Gasteiger partial charge in [0.2, 0.25) is 0 Å². The fourth-order valence-corrected chi connectivity index (χ4v) is 3.47. The van der Waals surface area contributed by atoms with Crippen molar-refractivity contribution < 1.29 is 17.6 Å². The van der Waals surface area contributed by atoms with E-state index in [1.807, 2.05) is 12.3 Å². The Hall–Kier alpha value is -1.11. The smallest absolute Gasteiger partial charge is 0.309 e. The Kier molecular flexibility index (Phi) is 4.60. The number of thiophene rings is 1. The minimum atomic E-state index is -4.70. The van der Waals surface area contributed by atoms with Gasteiger partial charge in [-0.15, -0.1) is 11.3 Å². The summed E-state index contributed by atoms with van der Waals surface area (Å²) >= 11 is 7.55. The molecule has 0 bridgehead atoms. The first kappa shape index (κ1) is 16.3. The van der Waals surface area contributed by atoms with Crippen molar-refractivity contribution in [2.75, 3.05) is 7.05 Å². The zero-order chi connectivity index (χ0) is 15.8. The Morgan fingerprint density at radius 1 is 1.29 bits per heavy atom. The fourth-order valence-electron chi connectivity index (χ4n) is 2.03. The van der Waals surface area contributed by atoms with E-state index >= 15 is 0 Å². The minimum Gasteiger partial charge on any atom is -0.309 e. The van der Waals surface area contributed by atoms with Crippen LogP contribution in [0.5, 0.6) is 0 Å². The zero-order valence-corrected chi connectivity index (χ0v) is 12.8. The highest BCUT2D eigenvalue weighted by Gasteiger charge is 2.34. The molecule has 7 heteroatoms. The van der Waals surface area contributed by atoms with Gasteiger partial charge in [0.05, 0.1) is 16.6 Å². The van der Waals surface area contributed by atoms with Gasteiger partial charge >= 0.3 is 6.18 Å². The maximum Gasteiger partial charge on any atom is 0.419 e.